The van der Waals surface area contributed by atoms with Crippen LogP contribution in [0.4, 0.5) is 0 Å². The molecule has 0 aromatic carbocycles. The first kappa shape index (κ1) is 73.5. The Bertz CT molecular complexity index is 1690. The number of rotatable bonds is 57. The summed E-state index contributed by atoms with van der Waals surface area (Å²) in [6.07, 6.45) is 102. The molecule has 1 unspecified atom stereocenters. The molecule has 1 atom stereocenters. The van der Waals surface area contributed by atoms with Crippen LogP contribution in [0.1, 0.15) is 271 Å². The molecule has 0 fully saturated rings. The lowest BCUT2D eigenvalue weighted by Gasteiger charge is -2.15. The van der Waals surface area contributed by atoms with Crippen molar-refractivity contribution in [2.24, 2.45) is 0 Å². The number of ether oxygens (including phenoxy) is 2. The van der Waals surface area contributed by atoms with Crippen molar-refractivity contribution in [1.82, 2.24) is 0 Å². The number of hydrogen-bond donors (Lipinski definition) is 1. The van der Waals surface area contributed by atoms with Gasteiger partial charge in [0, 0.05) is 12.8 Å². The molecule has 0 aliphatic heterocycles. The molecule has 1 N–H and O–H groups in total. The van der Waals surface area contributed by atoms with Crippen LogP contribution in [0.25, 0.3) is 0 Å². The van der Waals surface area contributed by atoms with E-state index in [0.717, 1.165) is 128 Å². The SMILES string of the molecule is CC/C=C\C/C=C\C/C=C\C/C=C\C/C=C\C/C=C\C/C=C\C/C=C\C/C=C\CCCCCC(=O)OC(CO)COC(=O)CCCCCCCCCCCCCCCCCCCCCC/C=C\C/C=C\C/C=C\C/C=C\CC. The number of aliphatic hydroxyl groups is 1. The maximum absolute atomic E-state index is 12.3. The van der Waals surface area contributed by atoms with Gasteiger partial charge in [-0.1, -0.05) is 294 Å². The zero-order valence-electron chi connectivity index (χ0n) is 50.4. The molecule has 0 saturated heterocycles. The van der Waals surface area contributed by atoms with E-state index >= 15 is 0 Å². The summed E-state index contributed by atoms with van der Waals surface area (Å²) in [6, 6.07) is 0. The highest BCUT2D eigenvalue weighted by molar-refractivity contribution is 5.70. The summed E-state index contributed by atoms with van der Waals surface area (Å²) < 4.78 is 10.7. The normalized spacial score (nSPS) is 13.3. The van der Waals surface area contributed by atoms with Crippen LogP contribution in [0, 0.1) is 0 Å². The van der Waals surface area contributed by atoms with Crippen LogP contribution < -0.4 is 0 Å². The van der Waals surface area contributed by atoms with Crippen molar-refractivity contribution in [3.05, 3.63) is 158 Å². The Kier molecular flexibility index (Phi) is 63.0. The molecule has 0 aliphatic rings. The molecule has 0 aliphatic carbocycles. The first-order valence-electron chi connectivity index (χ1n) is 32.0. The van der Waals surface area contributed by atoms with E-state index in [1.54, 1.807) is 0 Å². The maximum atomic E-state index is 12.3. The highest BCUT2D eigenvalue weighted by Crippen LogP contribution is 2.16. The van der Waals surface area contributed by atoms with Gasteiger partial charge in [-0.05, 0) is 122 Å². The summed E-state index contributed by atoms with van der Waals surface area (Å²) >= 11 is 0. The van der Waals surface area contributed by atoms with Crippen molar-refractivity contribution in [2.75, 3.05) is 13.2 Å². The Hall–Kier alpha value is -4.48. The Morgan fingerprint density at radius 3 is 0.782 bits per heavy atom. The smallest absolute Gasteiger partial charge is 0.306 e. The number of hydrogen-bond acceptors (Lipinski definition) is 5. The lowest BCUT2D eigenvalue weighted by Crippen LogP contribution is -2.28. The minimum absolute atomic E-state index is 0.0871. The molecule has 0 aromatic rings. The number of aliphatic hydroxyl groups excluding tert-OH is 1. The van der Waals surface area contributed by atoms with E-state index in [1.807, 2.05) is 0 Å². The fraction of sp³-hybridized carbons (Fsp3) is 0.616. The van der Waals surface area contributed by atoms with Crippen LogP contribution in [-0.2, 0) is 19.1 Å². The molecule has 0 saturated carbocycles. The summed E-state index contributed by atoms with van der Waals surface area (Å²) in [5.41, 5.74) is 0. The van der Waals surface area contributed by atoms with E-state index in [4.69, 9.17) is 9.47 Å². The van der Waals surface area contributed by atoms with Gasteiger partial charge in [-0.2, -0.15) is 0 Å². The van der Waals surface area contributed by atoms with E-state index in [9.17, 15) is 14.7 Å². The number of allylic oxidation sites excluding steroid dienone is 26. The third-order valence-electron chi connectivity index (χ3n) is 13.3. The molecule has 5 nitrogen and oxygen atoms in total. The van der Waals surface area contributed by atoms with E-state index in [0.29, 0.717) is 12.8 Å². The molecule has 0 radical (unpaired) electrons. The van der Waals surface area contributed by atoms with Gasteiger partial charge >= 0.3 is 11.9 Å². The Balaban J connectivity index is 3.57. The molecule has 0 bridgehead atoms. The third-order valence-corrected chi connectivity index (χ3v) is 13.3. The van der Waals surface area contributed by atoms with E-state index in [2.05, 4.69) is 172 Å². The molecule has 78 heavy (non-hydrogen) atoms. The van der Waals surface area contributed by atoms with Crippen molar-refractivity contribution in [3.8, 4) is 0 Å². The first-order chi connectivity index (χ1) is 38.6. The molecular formula is C73H118O5. The van der Waals surface area contributed by atoms with Crippen molar-refractivity contribution in [2.45, 2.75) is 277 Å². The topological polar surface area (TPSA) is 72.8 Å². The average molecular weight is 1080 g/mol. The average Bonchev–Trinajstić information content (AvgIpc) is 3.44. The fourth-order valence-electron chi connectivity index (χ4n) is 8.60. The van der Waals surface area contributed by atoms with Gasteiger partial charge in [0.25, 0.3) is 0 Å². The quantitative estimate of drug-likeness (QED) is 0.0373. The number of carbonyl (C=O) groups is 2. The Morgan fingerprint density at radius 1 is 0.295 bits per heavy atom. The van der Waals surface area contributed by atoms with Gasteiger partial charge in [0.05, 0.1) is 6.61 Å². The zero-order valence-corrected chi connectivity index (χ0v) is 50.4. The molecule has 0 spiro atoms. The van der Waals surface area contributed by atoms with Crippen LogP contribution in [0.15, 0.2) is 158 Å². The van der Waals surface area contributed by atoms with Gasteiger partial charge in [-0.25, -0.2) is 0 Å². The van der Waals surface area contributed by atoms with E-state index in [1.165, 1.54) is 116 Å². The summed E-state index contributed by atoms with van der Waals surface area (Å²) in [6.45, 7) is 3.89. The van der Waals surface area contributed by atoms with Gasteiger partial charge in [0.2, 0.25) is 0 Å². The van der Waals surface area contributed by atoms with Gasteiger partial charge in [-0.3, -0.25) is 9.59 Å². The second kappa shape index (κ2) is 66.8. The summed E-state index contributed by atoms with van der Waals surface area (Å²) in [4.78, 5) is 24.6. The standard InChI is InChI=1S/C73H118O5/c1-3-5-7-9-11-13-15-17-19-21-23-25-27-29-31-33-35-36-38-39-41-43-45-47-49-51-53-55-57-59-61-63-65-67-72(75)77-70-71(69-74)78-73(76)68-66-64-62-60-58-56-54-52-50-48-46-44-42-40-37-34-32-30-28-26-24-22-20-18-16-14-12-10-8-6-4-2/h5-8,11-14,17-20,23-26,30,32,37,40,44,46,50,52,56,58,71,74H,3-4,9-10,15-16,21-22,27-29,31,33-36,38-39,41-43,45,47-49,51,53-55,57,59-70H2,1-2H3/b7-5-,8-6-,13-11-,14-12-,19-17-,20-18-,25-23-,26-24-,32-30-,40-37-,46-44-,52-50-,58-56-. The summed E-state index contributed by atoms with van der Waals surface area (Å²) in [5, 5.41) is 9.68. The van der Waals surface area contributed by atoms with E-state index < -0.39 is 6.10 Å². The fourth-order valence-corrected chi connectivity index (χ4v) is 8.60. The second-order valence-corrected chi connectivity index (χ2v) is 20.7. The maximum Gasteiger partial charge on any atom is 0.306 e. The van der Waals surface area contributed by atoms with Gasteiger partial charge in [0.1, 0.15) is 6.61 Å². The lowest BCUT2D eigenvalue weighted by molar-refractivity contribution is -0.161. The highest BCUT2D eigenvalue weighted by atomic mass is 16.6. The third kappa shape index (κ3) is 64.0. The summed E-state index contributed by atoms with van der Waals surface area (Å²) in [7, 11) is 0. The largest absolute Gasteiger partial charge is 0.462 e. The van der Waals surface area contributed by atoms with Crippen LogP contribution in [0.5, 0.6) is 0 Å². The number of carbonyl (C=O) groups excluding carboxylic acids is 2. The van der Waals surface area contributed by atoms with Crippen LogP contribution in [0.2, 0.25) is 0 Å². The van der Waals surface area contributed by atoms with Crippen LogP contribution in [-0.4, -0.2) is 36.4 Å². The van der Waals surface area contributed by atoms with Crippen LogP contribution in [0.3, 0.4) is 0 Å². The first-order valence-corrected chi connectivity index (χ1v) is 32.0. The monoisotopic (exact) mass is 1070 g/mol. The predicted molar refractivity (Wildman–Crippen MR) is 343 cm³/mol. The predicted octanol–water partition coefficient (Wildman–Crippen LogP) is 22.3. The number of unbranched alkanes of at least 4 members (excludes halogenated alkanes) is 23. The molecule has 0 heterocycles. The molecule has 440 valence electrons. The minimum Gasteiger partial charge on any atom is -0.462 e. The lowest BCUT2D eigenvalue weighted by atomic mass is 10.0. The van der Waals surface area contributed by atoms with E-state index in [-0.39, 0.29) is 25.2 Å². The number of esters is 2. The second-order valence-electron chi connectivity index (χ2n) is 20.7. The van der Waals surface area contributed by atoms with Crippen molar-refractivity contribution in [1.29, 1.82) is 0 Å². The minimum atomic E-state index is -0.802. The Labute approximate surface area is 481 Å². The molecule has 5 heteroatoms. The Morgan fingerprint density at radius 2 is 0.513 bits per heavy atom. The van der Waals surface area contributed by atoms with Gasteiger partial charge < -0.3 is 14.6 Å². The molecule has 0 rings (SSSR count). The van der Waals surface area contributed by atoms with Crippen molar-refractivity contribution >= 4 is 11.9 Å². The highest BCUT2D eigenvalue weighted by Gasteiger charge is 2.16. The zero-order chi connectivity index (χ0) is 56.2. The van der Waals surface area contributed by atoms with Gasteiger partial charge in [-0.15, -0.1) is 0 Å². The molecular weight excluding hydrogens is 957 g/mol. The van der Waals surface area contributed by atoms with Gasteiger partial charge in [0.15, 0.2) is 6.10 Å². The van der Waals surface area contributed by atoms with Crippen LogP contribution >= 0.6 is 0 Å². The molecule has 0 aromatic heterocycles. The molecule has 0 amide bonds. The summed E-state index contributed by atoms with van der Waals surface area (Å²) in [5.74, 6) is -0.632. The van der Waals surface area contributed by atoms with Crippen molar-refractivity contribution < 1.29 is 24.2 Å². The van der Waals surface area contributed by atoms with Crippen molar-refractivity contribution in [3.63, 3.8) is 0 Å².